The minimum Gasteiger partial charge on any atom is -0.481 e. The number of rotatable bonds is 4. The molecule has 0 heterocycles. The van der Waals surface area contributed by atoms with E-state index in [0.29, 0.717) is 10.7 Å². The number of hydrogen-bond acceptors (Lipinski definition) is 3. The number of carbonyl (C=O) groups is 1. The van der Waals surface area contributed by atoms with Gasteiger partial charge in [0.2, 0.25) is 0 Å². The molecule has 0 aliphatic heterocycles. The number of ether oxygens (including phenoxy) is 1. The molecular weight excluding hydrogens is 224 g/mol. The Kier molecular flexibility index (Phi) is 4.25. The van der Waals surface area contributed by atoms with Gasteiger partial charge in [0.1, 0.15) is 10.7 Å². The first-order valence-corrected chi connectivity index (χ1v) is 5.23. The van der Waals surface area contributed by atoms with E-state index in [1.54, 1.807) is 38.2 Å². The molecule has 1 unspecified atom stereocenters. The second kappa shape index (κ2) is 5.46. The maximum atomic E-state index is 11.2. The molecule has 0 aliphatic rings. The summed E-state index contributed by atoms with van der Waals surface area (Å²) in [7, 11) is 1.57. The molecule has 1 rings (SSSR count). The SMILES string of the molecule is CNC(=O)C(C)Oc1ccc(C(N)=S)cc1. The summed E-state index contributed by atoms with van der Waals surface area (Å²) in [6, 6.07) is 6.98. The van der Waals surface area contributed by atoms with Crippen LogP contribution >= 0.6 is 12.2 Å². The van der Waals surface area contributed by atoms with Crippen LogP contribution in [0.4, 0.5) is 0 Å². The van der Waals surface area contributed by atoms with Crippen molar-refractivity contribution >= 4 is 23.1 Å². The third-order valence-electron chi connectivity index (χ3n) is 2.07. The standard InChI is InChI=1S/C11H14N2O2S/c1-7(11(14)13-2)15-9-5-3-8(4-6-9)10(12)16/h3-7H,1-2H3,(H2,12,16)(H,13,14). The summed E-state index contributed by atoms with van der Waals surface area (Å²) in [6.45, 7) is 1.68. The fraction of sp³-hybridized carbons (Fsp3) is 0.273. The number of nitrogens with one attached hydrogen (secondary N) is 1. The van der Waals surface area contributed by atoms with Crippen molar-refractivity contribution in [3.05, 3.63) is 29.8 Å². The quantitative estimate of drug-likeness (QED) is 0.763. The zero-order chi connectivity index (χ0) is 12.1. The van der Waals surface area contributed by atoms with E-state index >= 15 is 0 Å². The largest absolute Gasteiger partial charge is 0.481 e. The molecule has 0 radical (unpaired) electrons. The fourth-order valence-electron chi connectivity index (χ4n) is 1.16. The fourth-order valence-corrected chi connectivity index (χ4v) is 1.29. The van der Waals surface area contributed by atoms with E-state index in [9.17, 15) is 4.79 Å². The van der Waals surface area contributed by atoms with Crippen molar-refractivity contribution in [2.75, 3.05) is 7.05 Å². The van der Waals surface area contributed by atoms with Crippen LogP contribution in [0.25, 0.3) is 0 Å². The van der Waals surface area contributed by atoms with Crippen molar-refractivity contribution < 1.29 is 9.53 Å². The van der Waals surface area contributed by atoms with Crippen molar-refractivity contribution in [2.45, 2.75) is 13.0 Å². The molecule has 5 heteroatoms. The van der Waals surface area contributed by atoms with E-state index in [4.69, 9.17) is 22.7 Å². The van der Waals surface area contributed by atoms with E-state index in [1.165, 1.54) is 0 Å². The monoisotopic (exact) mass is 238 g/mol. The van der Waals surface area contributed by atoms with E-state index in [0.717, 1.165) is 5.56 Å². The smallest absolute Gasteiger partial charge is 0.260 e. The summed E-state index contributed by atoms with van der Waals surface area (Å²) in [6.07, 6.45) is -0.527. The molecule has 1 aromatic rings. The van der Waals surface area contributed by atoms with Crippen molar-refractivity contribution in [1.29, 1.82) is 0 Å². The number of likely N-dealkylation sites (N-methyl/N-ethyl adjacent to an activating group) is 1. The number of hydrogen-bond donors (Lipinski definition) is 2. The lowest BCUT2D eigenvalue weighted by Crippen LogP contribution is -2.33. The number of carbonyl (C=O) groups excluding carboxylic acids is 1. The Hall–Kier alpha value is -1.62. The maximum Gasteiger partial charge on any atom is 0.260 e. The van der Waals surface area contributed by atoms with E-state index in [2.05, 4.69) is 5.32 Å². The molecule has 0 spiro atoms. The van der Waals surface area contributed by atoms with Gasteiger partial charge in [0, 0.05) is 12.6 Å². The van der Waals surface area contributed by atoms with Gasteiger partial charge in [-0.3, -0.25) is 4.79 Å². The van der Waals surface area contributed by atoms with Crippen molar-refractivity contribution in [1.82, 2.24) is 5.32 Å². The van der Waals surface area contributed by atoms with Gasteiger partial charge in [-0.05, 0) is 31.2 Å². The summed E-state index contributed by atoms with van der Waals surface area (Å²) in [5.74, 6) is 0.439. The van der Waals surface area contributed by atoms with Crippen LogP contribution in [0.15, 0.2) is 24.3 Å². The van der Waals surface area contributed by atoms with Crippen molar-refractivity contribution in [2.24, 2.45) is 5.73 Å². The van der Waals surface area contributed by atoms with Gasteiger partial charge in [-0.1, -0.05) is 12.2 Å². The molecule has 0 bridgehead atoms. The van der Waals surface area contributed by atoms with Crippen LogP contribution in [-0.2, 0) is 4.79 Å². The molecule has 0 fully saturated rings. The molecule has 1 aromatic carbocycles. The Balaban J connectivity index is 2.68. The van der Waals surface area contributed by atoms with Gasteiger partial charge in [0.15, 0.2) is 6.10 Å². The van der Waals surface area contributed by atoms with Crippen LogP contribution in [0, 0.1) is 0 Å². The van der Waals surface area contributed by atoms with Crippen molar-refractivity contribution in [3.63, 3.8) is 0 Å². The lowest BCUT2D eigenvalue weighted by atomic mass is 10.2. The average Bonchev–Trinajstić information content (AvgIpc) is 2.28. The van der Waals surface area contributed by atoms with Crippen molar-refractivity contribution in [3.8, 4) is 5.75 Å². The number of benzene rings is 1. The highest BCUT2D eigenvalue weighted by atomic mass is 32.1. The zero-order valence-corrected chi connectivity index (χ0v) is 10.0. The predicted molar refractivity (Wildman–Crippen MR) is 66.5 cm³/mol. The lowest BCUT2D eigenvalue weighted by molar-refractivity contribution is -0.126. The average molecular weight is 238 g/mol. The summed E-state index contributed by atoms with van der Waals surface area (Å²) >= 11 is 4.83. The third-order valence-corrected chi connectivity index (χ3v) is 2.30. The molecule has 0 saturated carbocycles. The van der Waals surface area contributed by atoms with Gasteiger partial charge < -0.3 is 15.8 Å². The highest BCUT2D eigenvalue weighted by molar-refractivity contribution is 7.80. The van der Waals surface area contributed by atoms with Crippen LogP contribution in [-0.4, -0.2) is 24.0 Å². The highest BCUT2D eigenvalue weighted by Crippen LogP contribution is 2.13. The second-order valence-corrected chi connectivity index (χ2v) is 3.70. The summed E-state index contributed by atoms with van der Waals surface area (Å²) in [5, 5.41) is 2.51. The Bertz CT molecular complexity index is 389. The number of nitrogens with two attached hydrogens (primary N) is 1. The molecule has 16 heavy (non-hydrogen) atoms. The molecule has 0 saturated heterocycles. The second-order valence-electron chi connectivity index (χ2n) is 3.26. The molecule has 1 amide bonds. The Morgan fingerprint density at radius 3 is 2.44 bits per heavy atom. The maximum absolute atomic E-state index is 11.2. The van der Waals surface area contributed by atoms with Crippen LogP contribution in [0.5, 0.6) is 5.75 Å². The Morgan fingerprint density at radius 2 is 2.00 bits per heavy atom. The summed E-state index contributed by atoms with van der Waals surface area (Å²) < 4.78 is 5.41. The predicted octanol–water partition coefficient (Wildman–Crippen LogP) is 0.834. The minimum absolute atomic E-state index is 0.168. The van der Waals surface area contributed by atoms with Gasteiger partial charge >= 0.3 is 0 Å². The molecule has 86 valence electrons. The third kappa shape index (κ3) is 3.20. The Labute approximate surface area is 99.8 Å². The first-order valence-electron chi connectivity index (χ1n) is 4.82. The van der Waals surface area contributed by atoms with Gasteiger partial charge in [-0.2, -0.15) is 0 Å². The van der Waals surface area contributed by atoms with Gasteiger partial charge in [0.05, 0.1) is 0 Å². The number of amides is 1. The van der Waals surface area contributed by atoms with Gasteiger partial charge in [-0.25, -0.2) is 0 Å². The summed E-state index contributed by atoms with van der Waals surface area (Å²) in [4.78, 5) is 11.6. The molecule has 1 atom stereocenters. The van der Waals surface area contributed by atoms with Crippen LogP contribution in [0.3, 0.4) is 0 Å². The number of thiocarbonyl (C=S) groups is 1. The lowest BCUT2D eigenvalue weighted by Gasteiger charge is -2.13. The molecule has 0 aliphatic carbocycles. The molecule has 3 N–H and O–H groups in total. The minimum atomic E-state index is -0.527. The van der Waals surface area contributed by atoms with E-state index in [-0.39, 0.29) is 5.91 Å². The first kappa shape index (κ1) is 12.4. The van der Waals surface area contributed by atoms with Gasteiger partial charge in [-0.15, -0.1) is 0 Å². The highest BCUT2D eigenvalue weighted by Gasteiger charge is 2.12. The molecular formula is C11H14N2O2S. The van der Waals surface area contributed by atoms with Crippen LogP contribution in [0.1, 0.15) is 12.5 Å². The normalized spacial score (nSPS) is 11.6. The molecule has 0 aromatic heterocycles. The Morgan fingerprint density at radius 1 is 1.44 bits per heavy atom. The molecule has 4 nitrogen and oxygen atoms in total. The van der Waals surface area contributed by atoms with E-state index in [1.807, 2.05) is 0 Å². The topological polar surface area (TPSA) is 64.3 Å². The van der Waals surface area contributed by atoms with Gasteiger partial charge in [0.25, 0.3) is 5.91 Å². The van der Waals surface area contributed by atoms with E-state index < -0.39 is 6.10 Å². The van der Waals surface area contributed by atoms with Crippen LogP contribution < -0.4 is 15.8 Å². The first-order chi connectivity index (χ1) is 7.54. The van der Waals surface area contributed by atoms with Crippen LogP contribution in [0.2, 0.25) is 0 Å². The summed E-state index contributed by atoms with van der Waals surface area (Å²) in [5.41, 5.74) is 6.23. The zero-order valence-electron chi connectivity index (χ0n) is 9.19.